The number of halogens is 4. The largest absolute Gasteiger partial charge is 0.366 e. The van der Waals surface area contributed by atoms with Gasteiger partial charge in [0.2, 0.25) is 5.91 Å². The zero-order valence-electron chi connectivity index (χ0n) is 21.8. The van der Waals surface area contributed by atoms with Crippen molar-refractivity contribution in [1.29, 1.82) is 0 Å². The summed E-state index contributed by atoms with van der Waals surface area (Å²) in [5.41, 5.74) is 7.85. The van der Waals surface area contributed by atoms with Gasteiger partial charge in [0.05, 0.1) is 17.3 Å². The highest BCUT2D eigenvalue weighted by Gasteiger charge is 2.23. The fourth-order valence-corrected chi connectivity index (χ4v) is 4.97. The molecule has 3 aromatic carbocycles. The molecular weight excluding hydrogens is 536 g/mol. The van der Waals surface area contributed by atoms with E-state index in [2.05, 4.69) is 10.3 Å². The van der Waals surface area contributed by atoms with Gasteiger partial charge in [0.25, 0.3) is 5.91 Å². The number of nitrogens with two attached hydrogens (primary N) is 1. The van der Waals surface area contributed by atoms with Crippen molar-refractivity contribution in [2.75, 3.05) is 0 Å². The third kappa shape index (κ3) is 5.96. The highest BCUT2D eigenvalue weighted by atomic mass is 19.1. The van der Waals surface area contributed by atoms with E-state index < -0.39 is 41.1 Å². The van der Waals surface area contributed by atoms with Crippen molar-refractivity contribution in [2.45, 2.75) is 25.9 Å². The van der Waals surface area contributed by atoms with Crippen LogP contribution in [0.2, 0.25) is 0 Å². The molecule has 3 N–H and O–H groups in total. The van der Waals surface area contributed by atoms with Crippen LogP contribution in [0.5, 0.6) is 0 Å². The number of nitrogens with one attached hydrogen (secondary N) is 1. The number of primary amides is 1. The molecule has 208 valence electrons. The number of carbonyl (C=O) groups excluding carboxylic acids is 2. The molecule has 0 saturated carbocycles. The van der Waals surface area contributed by atoms with Crippen LogP contribution in [-0.4, -0.2) is 21.4 Å². The number of fused-ring (bicyclic) bond motifs is 1. The van der Waals surface area contributed by atoms with Crippen LogP contribution >= 0.6 is 0 Å². The minimum atomic E-state index is -0.955. The third-order valence-electron chi connectivity index (χ3n) is 6.78. The summed E-state index contributed by atoms with van der Waals surface area (Å²) in [6.07, 6.45) is 1.45. The van der Waals surface area contributed by atoms with Crippen LogP contribution in [0.1, 0.15) is 33.4 Å². The highest BCUT2D eigenvalue weighted by molar-refractivity contribution is 5.94. The summed E-state index contributed by atoms with van der Waals surface area (Å²) in [4.78, 5) is 29.7. The van der Waals surface area contributed by atoms with E-state index in [0.29, 0.717) is 27.7 Å². The van der Waals surface area contributed by atoms with Crippen molar-refractivity contribution in [1.82, 2.24) is 14.9 Å². The smallest absolute Gasteiger partial charge is 0.251 e. The Kier molecular flexibility index (Phi) is 7.56. The van der Waals surface area contributed by atoms with Gasteiger partial charge in [-0.25, -0.2) is 17.6 Å². The van der Waals surface area contributed by atoms with E-state index in [1.54, 1.807) is 35.8 Å². The van der Waals surface area contributed by atoms with Crippen LogP contribution in [0.15, 0.2) is 79.0 Å². The van der Waals surface area contributed by atoms with Gasteiger partial charge in [-0.3, -0.25) is 14.6 Å². The summed E-state index contributed by atoms with van der Waals surface area (Å²) in [5.74, 6) is -4.14. The summed E-state index contributed by atoms with van der Waals surface area (Å²) in [6, 6.07) is 15.3. The summed E-state index contributed by atoms with van der Waals surface area (Å²) >= 11 is 0. The summed E-state index contributed by atoms with van der Waals surface area (Å²) in [5, 5.41) is 3.55. The Morgan fingerprint density at radius 3 is 2.41 bits per heavy atom. The lowest BCUT2D eigenvalue weighted by Gasteiger charge is -2.22. The van der Waals surface area contributed by atoms with E-state index in [1.807, 2.05) is 0 Å². The number of aromatic nitrogens is 2. The van der Waals surface area contributed by atoms with Gasteiger partial charge in [0.15, 0.2) is 0 Å². The average Bonchev–Trinajstić information content (AvgIpc) is 3.21. The van der Waals surface area contributed by atoms with Gasteiger partial charge in [-0.05, 0) is 79.1 Å². The maximum Gasteiger partial charge on any atom is 0.251 e. The fraction of sp³-hybridized carbons (Fsp3) is 0.129. The molecule has 2 aromatic heterocycles. The normalized spacial score (nSPS) is 11.9. The zero-order valence-corrected chi connectivity index (χ0v) is 21.8. The van der Waals surface area contributed by atoms with Crippen molar-refractivity contribution in [2.24, 2.45) is 5.73 Å². The molecule has 0 saturated heterocycles. The molecule has 5 aromatic rings. The highest BCUT2D eigenvalue weighted by Crippen LogP contribution is 2.30. The number of benzene rings is 3. The third-order valence-corrected chi connectivity index (χ3v) is 6.78. The molecule has 5 rings (SSSR count). The SMILES string of the molecule is Cc1cc2cc(F)ccc2n1CC(=O)N[C@@H](Cc1cc(F)cc(F)c1)c1ncccc1-c1ccc(F)c(C(N)=O)c1. The Hall–Kier alpha value is -4.99. The molecule has 6 nitrogen and oxygen atoms in total. The van der Waals surface area contributed by atoms with Crippen molar-refractivity contribution in [3.63, 3.8) is 0 Å². The monoisotopic (exact) mass is 560 g/mol. The second-order valence-corrected chi connectivity index (χ2v) is 9.67. The molecule has 10 heteroatoms. The van der Waals surface area contributed by atoms with Crippen LogP contribution < -0.4 is 11.1 Å². The number of amides is 2. The minimum absolute atomic E-state index is 0.0368. The lowest BCUT2D eigenvalue weighted by molar-refractivity contribution is -0.122. The van der Waals surface area contributed by atoms with Crippen LogP contribution in [0.25, 0.3) is 22.0 Å². The van der Waals surface area contributed by atoms with Crippen molar-refractivity contribution >= 4 is 22.7 Å². The van der Waals surface area contributed by atoms with Crippen molar-refractivity contribution in [3.05, 3.63) is 125 Å². The molecule has 0 radical (unpaired) electrons. The Morgan fingerprint density at radius 2 is 1.68 bits per heavy atom. The molecule has 0 spiro atoms. The lowest BCUT2D eigenvalue weighted by Crippen LogP contribution is -2.33. The standard InChI is InChI=1S/C31H24F4N4O2/c1-17-9-20-13-21(32)5-7-28(20)39(17)16-29(40)38-27(12-18-10-22(33)15-23(34)11-18)30-24(3-2-8-37-30)19-4-6-26(35)25(14-19)31(36)41/h2-11,13-15,27H,12,16H2,1H3,(H2,36,41)(H,38,40)/t27-/m0/s1. The quantitative estimate of drug-likeness (QED) is 0.236. The molecule has 2 heterocycles. The summed E-state index contributed by atoms with van der Waals surface area (Å²) in [7, 11) is 0. The number of pyridine rings is 1. The Balaban J connectivity index is 1.54. The van der Waals surface area contributed by atoms with Crippen molar-refractivity contribution < 1.29 is 27.2 Å². The van der Waals surface area contributed by atoms with Gasteiger partial charge >= 0.3 is 0 Å². The number of nitrogens with zero attached hydrogens (tertiary/aromatic N) is 2. The van der Waals surface area contributed by atoms with Gasteiger partial charge in [0, 0.05) is 34.4 Å². The number of carbonyl (C=O) groups is 2. The minimum Gasteiger partial charge on any atom is -0.366 e. The molecule has 0 fully saturated rings. The van der Waals surface area contributed by atoms with Crippen LogP contribution in [0.3, 0.4) is 0 Å². The zero-order chi connectivity index (χ0) is 29.3. The summed E-state index contributed by atoms with van der Waals surface area (Å²) in [6.45, 7) is 1.67. The number of rotatable bonds is 8. The van der Waals surface area contributed by atoms with Gasteiger partial charge in [-0.2, -0.15) is 0 Å². The van der Waals surface area contributed by atoms with E-state index in [4.69, 9.17) is 5.73 Å². The second-order valence-electron chi connectivity index (χ2n) is 9.67. The predicted molar refractivity (Wildman–Crippen MR) is 146 cm³/mol. The molecule has 0 unspecified atom stereocenters. The second kappa shape index (κ2) is 11.2. The number of aryl methyl sites for hydroxylation is 1. The summed E-state index contributed by atoms with van der Waals surface area (Å²) < 4.78 is 57.8. The molecule has 41 heavy (non-hydrogen) atoms. The first-order chi connectivity index (χ1) is 19.6. The van der Waals surface area contributed by atoms with Gasteiger partial charge in [-0.1, -0.05) is 12.1 Å². The molecule has 1 atom stereocenters. The fourth-order valence-electron chi connectivity index (χ4n) is 4.97. The maximum absolute atomic E-state index is 14.2. The van der Waals surface area contributed by atoms with Gasteiger partial charge in [-0.15, -0.1) is 0 Å². The Bertz CT molecular complexity index is 1780. The Morgan fingerprint density at radius 1 is 0.927 bits per heavy atom. The maximum atomic E-state index is 14.2. The first-order valence-corrected chi connectivity index (χ1v) is 12.6. The van der Waals surface area contributed by atoms with E-state index in [1.165, 1.54) is 30.5 Å². The first kappa shape index (κ1) is 27.6. The number of hydrogen-bond donors (Lipinski definition) is 2. The predicted octanol–water partition coefficient (Wildman–Crippen LogP) is 5.77. The Labute approximate surface area is 232 Å². The van der Waals surface area contributed by atoms with Crippen LogP contribution in [0, 0.1) is 30.2 Å². The lowest BCUT2D eigenvalue weighted by atomic mass is 9.94. The van der Waals surface area contributed by atoms with E-state index >= 15 is 0 Å². The molecule has 0 aliphatic rings. The van der Waals surface area contributed by atoms with E-state index in [-0.39, 0.29) is 24.1 Å². The van der Waals surface area contributed by atoms with Crippen LogP contribution in [-0.2, 0) is 17.8 Å². The van der Waals surface area contributed by atoms with Gasteiger partial charge in [0.1, 0.15) is 29.8 Å². The molecule has 0 aliphatic carbocycles. The number of hydrogen-bond acceptors (Lipinski definition) is 3. The van der Waals surface area contributed by atoms with E-state index in [9.17, 15) is 27.2 Å². The topological polar surface area (TPSA) is 90.0 Å². The average molecular weight is 561 g/mol. The van der Waals surface area contributed by atoms with Gasteiger partial charge < -0.3 is 15.6 Å². The molecule has 0 aliphatic heterocycles. The molecular formula is C31H24F4N4O2. The van der Waals surface area contributed by atoms with E-state index in [0.717, 1.165) is 30.0 Å². The van der Waals surface area contributed by atoms with Crippen molar-refractivity contribution in [3.8, 4) is 11.1 Å². The van der Waals surface area contributed by atoms with Crippen LogP contribution in [0.4, 0.5) is 17.6 Å². The molecule has 0 bridgehead atoms. The first-order valence-electron chi connectivity index (χ1n) is 12.6. The molecule has 2 amide bonds.